The van der Waals surface area contributed by atoms with Gasteiger partial charge in [0, 0.05) is 29.0 Å². The van der Waals surface area contributed by atoms with Crippen molar-refractivity contribution >= 4 is 21.8 Å². The van der Waals surface area contributed by atoms with Crippen LogP contribution < -0.4 is 0 Å². The maximum atomic E-state index is 12.6. The third-order valence-electron chi connectivity index (χ3n) is 4.25. The summed E-state index contributed by atoms with van der Waals surface area (Å²) < 4.78 is 11.6. The van der Waals surface area contributed by atoms with Crippen molar-refractivity contribution in [3.05, 3.63) is 58.8 Å². The number of carbonyl (C=O) groups is 1. The van der Waals surface area contributed by atoms with Crippen molar-refractivity contribution < 1.29 is 13.7 Å². The molecule has 0 aliphatic heterocycles. The highest BCUT2D eigenvalue weighted by Gasteiger charge is 2.23. The van der Waals surface area contributed by atoms with Gasteiger partial charge in [0.05, 0.1) is 6.26 Å². The summed E-state index contributed by atoms with van der Waals surface area (Å²) in [5, 5.41) is 4.03. The quantitative estimate of drug-likeness (QED) is 0.562. The van der Waals surface area contributed by atoms with E-state index in [1.165, 1.54) is 6.26 Å². The van der Waals surface area contributed by atoms with Crippen LogP contribution in [0.2, 0.25) is 0 Å². The molecule has 0 fully saturated rings. The monoisotopic (exact) mass is 417 g/mol. The van der Waals surface area contributed by atoms with Gasteiger partial charge in [0.2, 0.25) is 11.7 Å². The minimum Gasteiger partial charge on any atom is -0.459 e. The van der Waals surface area contributed by atoms with E-state index in [-0.39, 0.29) is 11.9 Å². The average molecular weight is 418 g/mol. The predicted octanol–water partition coefficient (Wildman–Crippen LogP) is 4.58. The first-order chi connectivity index (χ1) is 12.6. The first kappa shape index (κ1) is 18.4. The van der Waals surface area contributed by atoms with Crippen molar-refractivity contribution in [1.82, 2.24) is 15.0 Å². The molecule has 0 unspecified atom stereocenters. The SMILES string of the molecule is CC[C@@H](C)N(CCc1nc(-c2ccc(Br)cc2)no1)C(=O)c1ccco1. The van der Waals surface area contributed by atoms with Crippen LogP contribution in [0.3, 0.4) is 0 Å². The van der Waals surface area contributed by atoms with Crippen LogP contribution in [0, 0.1) is 0 Å². The number of furan rings is 1. The van der Waals surface area contributed by atoms with Gasteiger partial charge in [-0.05, 0) is 49.7 Å². The van der Waals surface area contributed by atoms with Gasteiger partial charge in [0.1, 0.15) is 0 Å². The van der Waals surface area contributed by atoms with E-state index in [0.29, 0.717) is 30.4 Å². The zero-order valence-corrected chi connectivity index (χ0v) is 16.3. The van der Waals surface area contributed by atoms with E-state index in [2.05, 4.69) is 26.1 Å². The van der Waals surface area contributed by atoms with E-state index in [4.69, 9.17) is 8.94 Å². The van der Waals surface area contributed by atoms with Crippen LogP contribution in [0.15, 0.2) is 56.1 Å². The zero-order chi connectivity index (χ0) is 18.5. The zero-order valence-electron chi connectivity index (χ0n) is 14.7. The Morgan fingerprint density at radius 3 is 2.69 bits per heavy atom. The minimum absolute atomic E-state index is 0.0847. The standard InChI is InChI=1S/C19H20BrN3O3/c1-3-13(2)23(19(24)16-5-4-12-25-16)11-10-17-21-18(22-26-17)14-6-8-15(20)9-7-14/h4-9,12-13H,3,10-11H2,1-2H3/t13-/m1/s1. The Hall–Kier alpha value is -2.41. The topological polar surface area (TPSA) is 72.4 Å². The highest BCUT2D eigenvalue weighted by Crippen LogP contribution is 2.19. The van der Waals surface area contributed by atoms with E-state index in [9.17, 15) is 4.79 Å². The Morgan fingerprint density at radius 1 is 1.27 bits per heavy atom. The number of amides is 1. The fourth-order valence-corrected chi connectivity index (χ4v) is 2.84. The van der Waals surface area contributed by atoms with Crippen LogP contribution >= 0.6 is 15.9 Å². The number of rotatable bonds is 7. The fraction of sp³-hybridized carbons (Fsp3) is 0.316. The molecule has 2 aromatic heterocycles. The number of halogens is 1. The van der Waals surface area contributed by atoms with Crippen molar-refractivity contribution in [3.8, 4) is 11.4 Å². The smallest absolute Gasteiger partial charge is 0.289 e. The van der Waals surface area contributed by atoms with Crippen molar-refractivity contribution in [2.45, 2.75) is 32.7 Å². The second kappa shape index (κ2) is 8.31. The van der Waals surface area contributed by atoms with Crippen LogP contribution in [0.1, 0.15) is 36.7 Å². The molecule has 1 atom stereocenters. The summed E-state index contributed by atoms with van der Waals surface area (Å²) in [6, 6.07) is 11.2. The highest BCUT2D eigenvalue weighted by molar-refractivity contribution is 9.10. The van der Waals surface area contributed by atoms with Crippen LogP contribution in [-0.2, 0) is 6.42 Å². The Morgan fingerprint density at radius 2 is 2.04 bits per heavy atom. The van der Waals surface area contributed by atoms with Crippen LogP contribution in [0.4, 0.5) is 0 Å². The highest BCUT2D eigenvalue weighted by atomic mass is 79.9. The molecule has 0 bridgehead atoms. The largest absolute Gasteiger partial charge is 0.459 e. The Bertz CT molecular complexity index is 843. The molecule has 1 amide bonds. The van der Waals surface area contributed by atoms with E-state index < -0.39 is 0 Å². The summed E-state index contributed by atoms with van der Waals surface area (Å²) in [6.07, 6.45) is 2.84. The molecule has 7 heteroatoms. The van der Waals surface area contributed by atoms with Crippen molar-refractivity contribution in [1.29, 1.82) is 0 Å². The van der Waals surface area contributed by atoms with Gasteiger partial charge in [-0.25, -0.2) is 0 Å². The van der Waals surface area contributed by atoms with Crippen molar-refractivity contribution in [2.75, 3.05) is 6.54 Å². The van der Waals surface area contributed by atoms with E-state index in [1.807, 2.05) is 38.1 Å². The van der Waals surface area contributed by atoms with Crippen molar-refractivity contribution in [3.63, 3.8) is 0 Å². The number of nitrogens with zero attached hydrogens (tertiary/aromatic N) is 3. The van der Waals surface area contributed by atoms with Gasteiger partial charge in [-0.3, -0.25) is 4.79 Å². The maximum absolute atomic E-state index is 12.6. The molecule has 2 heterocycles. The first-order valence-corrected chi connectivity index (χ1v) is 9.30. The molecule has 3 rings (SSSR count). The summed E-state index contributed by atoms with van der Waals surface area (Å²) in [7, 11) is 0. The van der Waals surface area contributed by atoms with Gasteiger partial charge in [0.25, 0.3) is 5.91 Å². The van der Waals surface area contributed by atoms with Crippen LogP contribution in [-0.4, -0.2) is 33.5 Å². The van der Waals surface area contributed by atoms with Gasteiger partial charge >= 0.3 is 0 Å². The summed E-state index contributed by atoms with van der Waals surface area (Å²) in [5.74, 6) is 1.26. The van der Waals surface area contributed by atoms with Crippen molar-refractivity contribution in [2.24, 2.45) is 0 Å². The van der Waals surface area contributed by atoms with Gasteiger partial charge < -0.3 is 13.8 Å². The molecule has 0 saturated heterocycles. The van der Waals surface area contributed by atoms with Crippen LogP contribution in [0.5, 0.6) is 0 Å². The second-order valence-electron chi connectivity index (χ2n) is 6.00. The number of carbonyl (C=O) groups excluding carboxylic acids is 1. The Kier molecular flexibility index (Phi) is 5.88. The lowest BCUT2D eigenvalue weighted by Crippen LogP contribution is -2.39. The van der Waals surface area contributed by atoms with Gasteiger partial charge in [-0.1, -0.05) is 28.0 Å². The lowest BCUT2D eigenvalue weighted by Gasteiger charge is -2.27. The number of benzene rings is 1. The Balaban J connectivity index is 1.69. The maximum Gasteiger partial charge on any atom is 0.289 e. The first-order valence-electron chi connectivity index (χ1n) is 8.51. The third-order valence-corrected chi connectivity index (χ3v) is 4.78. The summed E-state index contributed by atoms with van der Waals surface area (Å²) in [6.45, 7) is 4.55. The average Bonchev–Trinajstić information content (AvgIpc) is 3.34. The van der Waals surface area contributed by atoms with Gasteiger partial charge in [0.15, 0.2) is 5.76 Å². The molecule has 0 aliphatic rings. The molecule has 0 spiro atoms. The number of hydrogen-bond acceptors (Lipinski definition) is 5. The predicted molar refractivity (Wildman–Crippen MR) is 101 cm³/mol. The number of hydrogen-bond donors (Lipinski definition) is 0. The lowest BCUT2D eigenvalue weighted by molar-refractivity contribution is 0.0654. The second-order valence-corrected chi connectivity index (χ2v) is 6.92. The van der Waals surface area contributed by atoms with E-state index >= 15 is 0 Å². The van der Waals surface area contributed by atoms with E-state index in [1.54, 1.807) is 17.0 Å². The molecule has 6 nitrogen and oxygen atoms in total. The summed E-state index contributed by atoms with van der Waals surface area (Å²) >= 11 is 3.40. The normalized spacial score (nSPS) is 12.1. The fourth-order valence-electron chi connectivity index (χ4n) is 2.57. The van der Waals surface area contributed by atoms with Gasteiger partial charge in [-0.2, -0.15) is 4.98 Å². The molecule has 1 aromatic carbocycles. The lowest BCUT2D eigenvalue weighted by atomic mass is 10.2. The molecule has 0 N–H and O–H groups in total. The third kappa shape index (κ3) is 4.22. The molecule has 26 heavy (non-hydrogen) atoms. The summed E-state index contributed by atoms with van der Waals surface area (Å²) in [5.41, 5.74) is 0.883. The summed E-state index contributed by atoms with van der Waals surface area (Å²) in [4.78, 5) is 18.9. The molecule has 0 saturated carbocycles. The van der Waals surface area contributed by atoms with Gasteiger partial charge in [-0.15, -0.1) is 0 Å². The molecular formula is C19H20BrN3O3. The minimum atomic E-state index is -0.128. The van der Waals surface area contributed by atoms with E-state index in [0.717, 1.165) is 16.5 Å². The van der Waals surface area contributed by atoms with Crippen LogP contribution in [0.25, 0.3) is 11.4 Å². The molecule has 0 radical (unpaired) electrons. The molecule has 136 valence electrons. The molecule has 0 aliphatic carbocycles. The molecular weight excluding hydrogens is 398 g/mol. The molecule has 3 aromatic rings. The Labute approximate surface area is 160 Å². The number of aromatic nitrogens is 2.